The predicted molar refractivity (Wildman–Crippen MR) is 61.7 cm³/mol. The molecular weight excluding hydrogens is 216 g/mol. The summed E-state index contributed by atoms with van der Waals surface area (Å²) in [6.07, 6.45) is 0.962. The zero-order valence-corrected chi connectivity index (χ0v) is 10.5. The minimum atomic E-state index is -0.578. The lowest BCUT2D eigenvalue weighted by Gasteiger charge is -2.53. The van der Waals surface area contributed by atoms with Crippen molar-refractivity contribution in [2.45, 2.75) is 33.6 Å². The number of nitrogens with one attached hydrogen (secondary N) is 1. The van der Waals surface area contributed by atoms with Crippen molar-refractivity contribution >= 4 is 11.7 Å². The van der Waals surface area contributed by atoms with Crippen LogP contribution in [0.15, 0.2) is 0 Å². The summed E-state index contributed by atoms with van der Waals surface area (Å²) in [7, 11) is 0. The molecule has 3 atom stereocenters. The van der Waals surface area contributed by atoms with Gasteiger partial charge in [-0.1, -0.05) is 20.8 Å². The first-order valence-electron chi connectivity index (χ1n) is 6.02. The van der Waals surface area contributed by atoms with Crippen LogP contribution in [0.4, 0.5) is 0 Å². The van der Waals surface area contributed by atoms with Gasteiger partial charge in [-0.3, -0.25) is 9.59 Å². The molecule has 2 fully saturated rings. The van der Waals surface area contributed by atoms with Crippen LogP contribution < -0.4 is 5.32 Å². The second-order valence-electron chi connectivity index (χ2n) is 6.16. The summed E-state index contributed by atoms with van der Waals surface area (Å²) >= 11 is 0. The maximum Gasteiger partial charge on any atom is 0.220 e. The standard InChI is InChI=1S/C13H18N2O2/c1-12(2)9-4-10(16)15-7-13(9,3)5-8(6-14)11(12)17/h8-9H,4-5,7H2,1-3H3,(H,15,16)/t8?,9-,13?/m0/s1. The maximum atomic E-state index is 12.2. The molecule has 2 aliphatic rings. The van der Waals surface area contributed by atoms with Crippen LogP contribution in [0.1, 0.15) is 33.6 Å². The van der Waals surface area contributed by atoms with Gasteiger partial charge >= 0.3 is 0 Å². The molecule has 1 N–H and O–H groups in total. The molecule has 1 amide bonds. The van der Waals surface area contributed by atoms with Gasteiger partial charge in [0.1, 0.15) is 5.92 Å². The normalized spacial score (nSPS) is 40.1. The number of nitrogens with zero attached hydrogens (tertiary/aromatic N) is 1. The molecule has 4 nitrogen and oxygen atoms in total. The fraction of sp³-hybridized carbons (Fsp3) is 0.769. The first kappa shape index (κ1) is 12.1. The van der Waals surface area contributed by atoms with Crippen molar-refractivity contribution in [3.05, 3.63) is 0 Å². The van der Waals surface area contributed by atoms with Crippen LogP contribution in [0.3, 0.4) is 0 Å². The summed E-state index contributed by atoms with van der Waals surface area (Å²) in [6, 6.07) is 2.12. The molecule has 92 valence electrons. The van der Waals surface area contributed by atoms with Crippen LogP contribution in [-0.2, 0) is 9.59 Å². The highest BCUT2D eigenvalue weighted by Crippen LogP contribution is 2.53. The van der Waals surface area contributed by atoms with Crippen LogP contribution in [-0.4, -0.2) is 18.2 Å². The quantitative estimate of drug-likeness (QED) is 0.686. The average molecular weight is 234 g/mol. The van der Waals surface area contributed by atoms with Crippen molar-refractivity contribution < 1.29 is 9.59 Å². The second-order valence-corrected chi connectivity index (χ2v) is 6.16. The van der Waals surface area contributed by atoms with E-state index in [9.17, 15) is 9.59 Å². The van der Waals surface area contributed by atoms with Crippen LogP contribution in [0.25, 0.3) is 0 Å². The van der Waals surface area contributed by atoms with Crippen molar-refractivity contribution in [2.24, 2.45) is 22.7 Å². The Morgan fingerprint density at radius 1 is 1.35 bits per heavy atom. The van der Waals surface area contributed by atoms with Crippen molar-refractivity contribution in [3.63, 3.8) is 0 Å². The van der Waals surface area contributed by atoms with Crippen molar-refractivity contribution in [3.8, 4) is 6.07 Å². The molecule has 0 aromatic rings. The van der Waals surface area contributed by atoms with Gasteiger partial charge in [0.15, 0.2) is 5.78 Å². The van der Waals surface area contributed by atoms with Crippen LogP contribution in [0.2, 0.25) is 0 Å². The van der Waals surface area contributed by atoms with E-state index in [2.05, 4.69) is 18.3 Å². The molecule has 0 aromatic heterocycles. The third-order valence-electron chi connectivity index (χ3n) is 4.57. The van der Waals surface area contributed by atoms with E-state index in [1.165, 1.54) is 0 Å². The van der Waals surface area contributed by atoms with Gasteiger partial charge < -0.3 is 5.32 Å². The van der Waals surface area contributed by atoms with Crippen molar-refractivity contribution in [1.82, 2.24) is 5.32 Å². The Kier molecular flexibility index (Phi) is 2.53. The first-order chi connectivity index (χ1) is 7.81. The fourth-order valence-electron chi connectivity index (χ4n) is 3.55. The molecule has 0 radical (unpaired) electrons. The third-order valence-corrected chi connectivity index (χ3v) is 4.57. The zero-order valence-electron chi connectivity index (χ0n) is 10.5. The van der Waals surface area contributed by atoms with Crippen molar-refractivity contribution in [2.75, 3.05) is 6.54 Å². The summed E-state index contributed by atoms with van der Waals surface area (Å²) in [5.74, 6) is -0.469. The Labute approximate surface area is 101 Å². The minimum Gasteiger partial charge on any atom is -0.356 e. The molecule has 2 unspecified atom stereocenters. The Hall–Kier alpha value is -1.37. The van der Waals surface area contributed by atoms with Crippen molar-refractivity contribution in [1.29, 1.82) is 5.26 Å². The number of hydrogen-bond donors (Lipinski definition) is 1. The number of carbonyl (C=O) groups excluding carboxylic acids is 2. The average Bonchev–Trinajstić information content (AvgIpc) is 2.27. The number of hydrogen-bond acceptors (Lipinski definition) is 3. The van der Waals surface area contributed by atoms with E-state index in [1.807, 2.05) is 13.8 Å². The van der Waals surface area contributed by atoms with E-state index in [0.717, 1.165) is 0 Å². The molecule has 2 rings (SSSR count). The number of rotatable bonds is 0. The van der Waals surface area contributed by atoms with Crippen LogP contribution in [0, 0.1) is 34.0 Å². The molecule has 1 saturated carbocycles. The van der Waals surface area contributed by atoms with Gasteiger partial charge in [-0.05, 0) is 17.8 Å². The van der Waals surface area contributed by atoms with Gasteiger partial charge in [0, 0.05) is 18.4 Å². The van der Waals surface area contributed by atoms with Crippen LogP contribution in [0.5, 0.6) is 0 Å². The Morgan fingerprint density at radius 2 is 2.00 bits per heavy atom. The largest absolute Gasteiger partial charge is 0.356 e. The summed E-state index contributed by atoms with van der Waals surface area (Å²) in [6.45, 7) is 6.40. The highest BCUT2D eigenvalue weighted by Gasteiger charge is 2.56. The van der Waals surface area contributed by atoms with Gasteiger partial charge in [0.25, 0.3) is 0 Å². The smallest absolute Gasteiger partial charge is 0.220 e. The summed E-state index contributed by atoms with van der Waals surface area (Å²) in [4.78, 5) is 23.7. The molecule has 1 aliphatic carbocycles. The Morgan fingerprint density at radius 3 is 2.59 bits per heavy atom. The van der Waals surface area contributed by atoms with E-state index in [4.69, 9.17) is 5.26 Å². The Bertz CT molecular complexity index is 422. The lowest BCUT2D eigenvalue weighted by Crippen LogP contribution is -2.59. The zero-order chi connectivity index (χ0) is 12.8. The third kappa shape index (κ3) is 1.65. The molecule has 1 aliphatic heterocycles. The van der Waals surface area contributed by atoms with Crippen LogP contribution >= 0.6 is 0 Å². The highest BCUT2D eigenvalue weighted by molar-refractivity contribution is 5.91. The maximum absolute atomic E-state index is 12.2. The monoisotopic (exact) mass is 234 g/mol. The number of fused-ring (bicyclic) bond motifs is 1. The Balaban J connectivity index is 2.41. The van der Waals surface area contributed by atoms with Gasteiger partial charge in [-0.15, -0.1) is 0 Å². The fourth-order valence-corrected chi connectivity index (χ4v) is 3.55. The molecular formula is C13H18N2O2. The van der Waals surface area contributed by atoms with Gasteiger partial charge in [0.2, 0.25) is 5.91 Å². The highest BCUT2D eigenvalue weighted by atomic mass is 16.2. The SMILES string of the molecule is CC12CNC(=O)C[C@H]1C(C)(C)C(=O)C(C#N)C2. The molecule has 1 heterocycles. The topological polar surface area (TPSA) is 70.0 Å². The number of carbonyl (C=O) groups is 2. The van der Waals surface area contributed by atoms with E-state index < -0.39 is 11.3 Å². The molecule has 0 bridgehead atoms. The minimum absolute atomic E-state index is 0.00262. The number of amides is 1. The lowest BCUT2D eigenvalue weighted by molar-refractivity contribution is -0.150. The number of nitriles is 1. The summed E-state index contributed by atoms with van der Waals surface area (Å²) in [5, 5.41) is 12.0. The van der Waals surface area contributed by atoms with Gasteiger partial charge in [-0.2, -0.15) is 5.26 Å². The van der Waals surface area contributed by atoms with E-state index in [1.54, 1.807) is 0 Å². The molecule has 4 heteroatoms. The molecule has 17 heavy (non-hydrogen) atoms. The van der Waals surface area contributed by atoms with E-state index in [-0.39, 0.29) is 23.0 Å². The second kappa shape index (κ2) is 3.56. The number of Topliss-reactive ketones (excluding diaryl/α,β-unsaturated/α-hetero) is 1. The van der Waals surface area contributed by atoms with Gasteiger partial charge in [-0.25, -0.2) is 0 Å². The predicted octanol–water partition coefficient (Wildman–Crippen LogP) is 1.27. The first-order valence-corrected chi connectivity index (χ1v) is 6.02. The lowest BCUT2D eigenvalue weighted by atomic mass is 9.51. The van der Waals surface area contributed by atoms with E-state index >= 15 is 0 Å². The molecule has 0 spiro atoms. The van der Waals surface area contributed by atoms with E-state index in [0.29, 0.717) is 19.4 Å². The molecule has 0 aromatic carbocycles. The number of piperidine rings is 1. The van der Waals surface area contributed by atoms with Gasteiger partial charge in [0.05, 0.1) is 6.07 Å². The number of ketones is 1. The summed E-state index contributed by atoms with van der Waals surface area (Å²) < 4.78 is 0. The molecule has 1 saturated heterocycles. The summed E-state index contributed by atoms with van der Waals surface area (Å²) in [5.41, 5.74) is -0.711.